The minimum atomic E-state index is -0.724. The van der Waals surface area contributed by atoms with E-state index < -0.39 is 24.3 Å². The summed E-state index contributed by atoms with van der Waals surface area (Å²) < 4.78 is 9.55. The number of carbonyl (C=O) groups is 4. The number of H-pyrrole nitrogens is 1. The van der Waals surface area contributed by atoms with Crippen LogP contribution in [0.5, 0.6) is 0 Å². The molecule has 5 heterocycles. The summed E-state index contributed by atoms with van der Waals surface area (Å²) in [7, 11) is 2.58. The zero-order valence-electron chi connectivity index (χ0n) is 34.7. The van der Waals surface area contributed by atoms with E-state index in [1.54, 1.807) is 17.3 Å². The van der Waals surface area contributed by atoms with Crippen LogP contribution in [0.25, 0.3) is 50.7 Å². The Morgan fingerprint density at radius 3 is 1.87 bits per heavy atom. The highest BCUT2D eigenvalue weighted by molar-refractivity contribution is 5.91. The number of nitrogens with zero attached hydrogens (tertiary/aromatic N) is 7. The van der Waals surface area contributed by atoms with E-state index in [1.165, 1.54) is 14.2 Å². The summed E-state index contributed by atoms with van der Waals surface area (Å²) in [5.74, 6) is 0.0983. The second-order valence-corrected chi connectivity index (χ2v) is 16.4. The van der Waals surface area contributed by atoms with Gasteiger partial charge in [-0.3, -0.25) is 14.6 Å². The van der Waals surface area contributed by atoms with Crippen molar-refractivity contribution in [2.45, 2.75) is 84.0 Å². The summed E-state index contributed by atoms with van der Waals surface area (Å²) in [6, 6.07) is 10.6. The average Bonchev–Trinajstić information content (AvgIpc) is 4.08. The number of rotatable bonds is 10. The van der Waals surface area contributed by atoms with E-state index in [4.69, 9.17) is 29.4 Å². The van der Waals surface area contributed by atoms with Crippen molar-refractivity contribution in [1.29, 1.82) is 0 Å². The highest BCUT2D eigenvalue weighted by Crippen LogP contribution is 2.36. The fourth-order valence-corrected chi connectivity index (χ4v) is 8.62. The topological polar surface area (TPSA) is 198 Å². The van der Waals surface area contributed by atoms with E-state index in [0.29, 0.717) is 42.3 Å². The minimum Gasteiger partial charge on any atom is -0.453 e. The van der Waals surface area contributed by atoms with E-state index in [9.17, 15) is 19.2 Å². The Bertz CT molecular complexity index is 2520. The number of benzene rings is 2. The highest BCUT2D eigenvalue weighted by atomic mass is 16.5. The molecule has 2 aromatic carbocycles. The van der Waals surface area contributed by atoms with Crippen molar-refractivity contribution in [1.82, 2.24) is 50.3 Å². The fourth-order valence-electron chi connectivity index (χ4n) is 8.62. The van der Waals surface area contributed by atoms with Crippen LogP contribution in [0.2, 0.25) is 0 Å². The van der Waals surface area contributed by atoms with Gasteiger partial charge in [-0.25, -0.2) is 29.5 Å². The van der Waals surface area contributed by atoms with Crippen LogP contribution in [-0.2, 0) is 25.5 Å². The first-order valence-electron chi connectivity index (χ1n) is 20.6. The summed E-state index contributed by atoms with van der Waals surface area (Å²) >= 11 is 0. The third-order valence-electron chi connectivity index (χ3n) is 11.8. The van der Waals surface area contributed by atoms with Gasteiger partial charge in [-0.05, 0) is 72.1 Å². The molecule has 1 aliphatic carbocycles. The largest absolute Gasteiger partial charge is 0.453 e. The molecule has 5 aromatic rings. The summed E-state index contributed by atoms with van der Waals surface area (Å²) in [6.07, 6.45) is 8.16. The second-order valence-electron chi connectivity index (χ2n) is 16.4. The quantitative estimate of drug-likeness (QED) is 0.150. The fraction of sp³-hybridized carbons (Fsp3) is 0.432. The Labute approximate surface area is 347 Å². The van der Waals surface area contributed by atoms with Crippen LogP contribution < -0.4 is 10.6 Å². The lowest BCUT2D eigenvalue weighted by atomic mass is 9.99. The van der Waals surface area contributed by atoms with Crippen LogP contribution in [-0.4, -0.2) is 109 Å². The van der Waals surface area contributed by atoms with Crippen molar-refractivity contribution in [2.24, 2.45) is 11.8 Å². The number of ether oxygens (including phenoxy) is 2. The average molecular weight is 815 g/mol. The number of aromatic amines is 1. The molecule has 4 atom stereocenters. The number of imidazole rings is 1. The number of hydrogen-bond donors (Lipinski definition) is 3. The number of aromatic nitrogens is 6. The predicted molar refractivity (Wildman–Crippen MR) is 224 cm³/mol. The first kappa shape index (κ1) is 40.3. The van der Waals surface area contributed by atoms with Gasteiger partial charge in [-0.2, -0.15) is 0 Å². The Balaban J connectivity index is 0.965. The second kappa shape index (κ2) is 16.7. The van der Waals surface area contributed by atoms with Gasteiger partial charge in [0, 0.05) is 30.6 Å². The lowest BCUT2D eigenvalue weighted by Crippen LogP contribution is -2.52. The summed E-state index contributed by atoms with van der Waals surface area (Å²) in [5.41, 5.74) is 7.07. The van der Waals surface area contributed by atoms with Gasteiger partial charge in [0.25, 0.3) is 0 Å². The van der Waals surface area contributed by atoms with Gasteiger partial charge in [0.05, 0.1) is 61.5 Å². The molecule has 0 radical (unpaired) electrons. The van der Waals surface area contributed by atoms with Crippen LogP contribution in [0.1, 0.15) is 76.6 Å². The molecule has 312 valence electrons. The Morgan fingerprint density at radius 1 is 0.733 bits per heavy atom. The maximum absolute atomic E-state index is 13.7. The highest BCUT2D eigenvalue weighted by Gasteiger charge is 2.39. The Kier molecular flexibility index (Phi) is 11.2. The molecule has 2 saturated heterocycles. The predicted octanol–water partition coefficient (Wildman–Crippen LogP) is 5.99. The van der Waals surface area contributed by atoms with Crippen molar-refractivity contribution < 1.29 is 28.7 Å². The molecule has 3 aromatic heterocycles. The molecule has 0 saturated carbocycles. The third kappa shape index (κ3) is 7.85. The van der Waals surface area contributed by atoms with E-state index in [1.807, 2.05) is 44.7 Å². The van der Waals surface area contributed by atoms with Crippen LogP contribution in [0.15, 0.2) is 54.4 Å². The number of hydrogen-bond acceptors (Lipinski definition) is 11. The molecule has 2 aliphatic heterocycles. The lowest BCUT2D eigenvalue weighted by Gasteiger charge is -2.31. The molecular formula is C44H50N10O6. The van der Waals surface area contributed by atoms with Gasteiger partial charge in [0.1, 0.15) is 17.9 Å². The molecule has 16 heteroatoms. The van der Waals surface area contributed by atoms with Crippen LogP contribution in [0.3, 0.4) is 0 Å². The van der Waals surface area contributed by atoms with E-state index in [-0.39, 0.29) is 35.7 Å². The molecular weight excluding hydrogens is 765 g/mol. The Hall–Kier alpha value is -6.45. The first-order valence-corrected chi connectivity index (χ1v) is 20.6. The zero-order chi connectivity index (χ0) is 42.2. The molecule has 16 nitrogen and oxygen atoms in total. The van der Waals surface area contributed by atoms with Gasteiger partial charge >= 0.3 is 12.2 Å². The van der Waals surface area contributed by atoms with Gasteiger partial charge in [-0.15, -0.1) is 0 Å². The molecule has 4 amide bonds. The number of carbonyl (C=O) groups excluding carboxylic acids is 4. The van der Waals surface area contributed by atoms with Gasteiger partial charge in [-0.1, -0.05) is 52.0 Å². The zero-order valence-corrected chi connectivity index (χ0v) is 34.7. The molecule has 2 fully saturated rings. The number of nitrogens with one attached hydrogen (secondary N) is 3. The van der Waals surface area contributed by atoms with Gasteiger partial charge < -0.3 is 34.9 Å². The van der Waals surface area contributed by atoms with Crippen molar-refractivity contribution in [3.05, 3.63) is 71.6 Å². The molecule has 3 N–H and O–H groups in total. The molecule has 60 heavy (non-hydrogen) atoms. The van der Waals surface area contributed by atoms with Crippen LogP contribution in [0.4, 0.5) is 9.59 Å². The normalized spacial score (nSPS) is 18.5. The maximum atomic E-state index is 13.7. The summed E-state index contributed by atoms with van der Waals surface area (Å²) in [6.45, 7) is 8.78. The number of amides is 4. The van der Waals surface area contributed by atoms with Crippen LogP contribution >= 0.6 is 0 Å². The summed E-state index contributed by atoms with van der Waals surface area (Å²) in [5, 5.41) is 7.46. The smallest absolute Gasteiger partial charge is 0.407 e. The van der Waals surface area contributed by atoms with Crippen molar-refractivity contribution >= 4 is 52.1 Å². The molecule has 8 rings (SSSR count). The third-order valence-corrected chi connectivity index (χ3v) is 11.8. The van der Waals surface area contributed by atoms with E-state index in [2.05, 4.69) is 50.9 Å². The van der Waals surface area contributed by atoms with Crippen molar-refractivity contribution in [3.8, 4) is 22.5 Å². The number of methoxy groups -OCH3 is 2. The molecule has 0 bridgehead atoms. The lowest BCUT2D eigenvalue weighted by molar-refractivity contribution is -0.136. The van der Waals surface area contributed by atoms with E-state index in [0.717, 1.165) is 70.2 Å². The van der Waals surface area contributed by atoms with Crippen molar-refractivity contribution in [2.75, 3.05) is 27.3 Å². The first-order chi connectivity index (χ1) is 28.9. The summed E-state index contributed by atoms with van der Waals surface area (Å²) in [4.78, 5) is 82.4. The van der Waals surface area contributed by atoms with E-state index >= 15 is 0 Å². The monoisotopic (exact) mass is 814 g/mol. The van der Waals surface area contributed by atoms with Gasteiger partial charge in [0.2, 0.25) is 11.8 Å². The molecule has 0 unspecified atom stereocenters. The number of alkyl carbamates (subject to hydrolysis) is 2. The standard InChI is InChI=1S/C44H50N10O6/c1-23(2)36(49-43(57)59-5)41(55)53-15-7-9-34(53)29-19-30-31(20-29)47-32(21-45-30)27-13-11-26-18-28(14-12-25(26)17-27)33-22-46-39-40(48-33)52-38(51-39)35-10-8-16-54(35)42(56)37(24(3)4)50-44(58)60-6/h11-14,17-19,21-24,34-37H,7-10,15-16,20H2,1-6H3,(H,49,57)(H,50,58)(H,46,48,51,52)/t34-,35+,36-,37-/m0/s1. The molecule has 3 aliphatic rings. The minimum absolute atomic E-state index is 0.0811. The van der Waals surface area contributed by atoms with Crippen LogP contribution in [0, 0.1) is 11.8 Å². The number of fused-ring (bicyclic) bond motifs is 3. The maximum Gasteiger partial charge on any atom is 0.407 e. The van der Waals surface area contributed by atoms with Crippen molar-refractivity contribution in [3.63, 3.8) is 0 Å². The Morgan fingerprint density at radius 2 is 1.28 bits per heavy atom. The molecule has 0 spiro atoms. The number of likely N-dealkylation sites (tertiary alicyclic amines) is 2. The SMILES string of the molecule is COC(=O)N[C@H](C(=O)N1CCC[C@@H]1c1nc2ncc(-c3ccc4cc(-c5cnc6c(n5)CC([C@@H]5CCCN5C(=O)[C@@H](NC(=O)OC)C(C)C)=C6)ccc4c3)nc2[nH]1)C(C)C. The van der Waals surface area contributed by atoms with Gasteiger partial charge in [0.15, 0.2) is 11.3 Å².